The zero-order valence-corrected chi connectivity index (χ0v) is 14.3. The summed E-state index contributed by atoms with van der Waals surface area (Å²) < 4.78 is 1.70. The number of aromatic nitrogens is 2. The number of nitrogens with zero attached hydrogens (tertiary/aromatic N) is 2. The Balaban J connectivity index is 1.58. The monoisotopic (exact) mass is 341 g/mol. The summed E-state index contributed by atoms with van der Waals surface area (Å²) in [5.41, 5.74) is 1.56. The molecule has 0 unspecified atom stereocenters. The third kappa shape index (κ3) is 4.33. The summed E-state index contributed by atoms with van der Waals surface area (Å²) in [6, 6.07) is 8.83. The number of hydrogen-bond acceptors (Lipinski definition) is 4. The van der Waals surface area contributed by atoms with Gasteiger partial charge in [-0.2, -0.15) is 5.10 Å². The molecule has 1 amide bonds. The van der Waals surface area contributed by atoms with Crippen LogP contribution in [0, 0.1) is 5.92 Å². The van der Waals surface area contributed by atoms with E-state index in [-0.39, 0.29) is 42.6 Å². The first-order chi connectivity index (χ1) is 12.0. The lowest BCUT2D eigenvalue weighted by molar-refractivity contribution is -0.123. The van der Waals surface area contributed by atoms with Crippen LogP contribution in [0.25, 0.3) is 0 Å². The van der Waals surface area contributed by atoms with Gasteiger partial charge in [0.1, 0.15) is 0 Å². The molecule has 1 aromatic heterocycles. The molecule has 1 atom stereocenters. The number of amides is 1. The summed E-state index contributed by atoms with van der Waals surface area (Å²) in [5, 5.41) is 16.8. The van der Waals surface area contributed by atoms with Crippen molar-refractivity contribution in [1.82, 2.24) is 15.1 Å². The molecule has 132 valence electrons. The number of nitrogens with one attached hydrogen (secondary N) is 1. The molecule has 1 aliphatic carbocycles. The second kappa shape index (κ2) is 7.61. The summed E-state index contributed by atoms with van der Waals surface area (Å²) in [5.74, 6) is 0.0141. The van der Waals surface area contributed by atoms with Crippen LogP contribution in [0.2, 0.25) is 0 Å². The Morgan fingerprint density at radius 3 is 2.60 bits per heavy atom. The van der Waals surface area contributed by atoms with Crippen LogP contribution in [-0.2, 0) is 11.8 Å². The van der Waals surface area contributed by atoms with Crippen LogP contribution in [0.15, 0.2) is 42.7 Å². The first-order valence-corrected chi connectivity index (χ1v) is 8.57. The number of Topliss-reactive ketones (excluding diaryl/α,β-unsaturated/α-hetero) is 1. The van der Waals surface area contributed by atoms with E-state index in [1.54, 1.807) is 23.0 Å². The standard InChI is InChI=1S/C19H23N3O3/c1-22-12-15(11-20-22)19(14-9-16(23)10-14)21-18(25)8-7-17(24)13-5-3-2-4-6-13/h2-6,11-12,14,16,19,23H,7-10H2,1H3,(H,21,25)/t14?,16?,19-/m1/s1. The van der Waals surface area contributed by atoms with E-state index in [1.807, 2.05) is 31.4 Å². The van der Waals surface area contributed by atoms with Gasteiger partial charge < -0.3 is 10.4 Å². The van der Waals surface area contributed by atoms with Crippen molar-refractivity contribution in [3.05, 3.63) is 53.9 Å². The fraction of sp³-hybridized carbons (Fsp3) is 0.421. The third-order valence-corrected chi connectivity index (χ3v) is 4.70. The van der Waals surface area contributed by atoms with E-state index >= 15 is 0 Å². The van der Waals surface area contributed by atoms with Crippen molar-refractivity contribution in [1.29, 1.82) is 0 Å². The van der Waals surface area contributed by atoms with Gasteiger partial charge in [-0.15, -0.1) is 0 Å². The number of carbonyl (C=O) groups excluding carboxylic acids is 2. The van der Waals surface area contributed by atoms with Crippen LogP contribution in [0.4, 0.5) is 0 Å². The van der Waals surface area contributed by atoms with Gasteiger partial charge in [0, 0.05) is 37.2 Å². The number of aliphatic hydroxyl groups excluding tert-OH is 1. The molecule has 1 aliphatic rings. The van der Waals surface area contributed by atoms with Crippen LogP contribution in [0.5, 0.6) is 0 Å². The summed E-state index contributed by atoms with van der Waals surface area (Å²) in [4.78, 5) is 24.5. The highest BCUT2D eigenvalue weighted by atomic mass is 16.3. The van der Waals surface area contributed by atoms with E-state index in [0.717, 1.165) is 5.56 Å². The maximum absolute atomic E-state index is 12.3. The minimum absolute atomic E-state index is 0.0345. The van der Waals surface area contributed by atoms with Gasteiger partial charge in [0.05, 0.1) is 18.3 Å². The zero-order chi connectivity index (χ0) is 17.8. The molecule has 1 fully saturated rings. The van der Waals surface area contributed by atoms with E-state index in [0.29, 0.717) is 18.4 Å². The molecular weight excluding hydrogens is 318 g/mol. The summed E-state index contributed by atoms with van der Waals surface area (Å²) in [6.07, 6.45) is 5.00. The predicted octanol–water partition coefficient (Wildman–Crippen LogP) is 2.01. The van der Waals surface area contributed by atoms with E-state index in [4.69, 9.17) is 0 Å². The second-order valence-corrected chi connectivity index (χ2v) is 6.67. The number of aliphatic hydroxyl groups is 1. The van der Waals surface area contributed by atoms with Crippen molar-refractivity contribution in [2.75, 3.05) is 0 Å². The molecule has 6 nitrogen and oxygen atoms in total. The molecular formula is C19H23N3O3. The van der Waals surface area contributed by atoms with Crippen molar-refractivity contribution < 1.29 is 14.7 Å². The van der Waals surface area contributed by atoms with Crippen molar-refractivity contribution >= 4 is 11.7 Å². The quantitative estimate of drug-likeness (QED) is 0.755. The zero-order valence-electron chi connectivity index (χ0n) is 14.3. The maximum atomic E-state index is 12.3. The van der Waals surface area contributed by atoms with Crippen molar-refractivity contribution in [3.8, 4) is 0 Å². The molecule has 0 radical (unpaired) electrons. The number of carbonyl (C=O) groups is 2. The van der Waals surface area contributed by atoms with E-state index < -0.39 is 0 Å². The van der Waals surface area contributed by atoms with Crippen molar-refractivity contribution in [2.45, 2.75) is 37.8 Å². The molecule has 25 heavy (non-hydrogen) atoms. The van der Waals surface area contributed by atoms with Crippen LogP contribution in [-0.4, -0.2) is 32.7 Å². The molecule has 2 N–H and O–H groups in total. The average molecular weight is 341 g/mol. The maximum Gasteiger partial charge on any atom is 0.220 e. The Bertz CT molecular complexity index is 735. The fourth-order valence-electron chi connectivity index (χ4n) is 3.22. The fourth-order valence-corrected chi connectivity index (χ4v) is 3.22. The summed E-state index contributed by atoms with van der Waals surface area (Å²) in [6.45, 7) is 0. The number of ketones is 1. The highest BCUT2D eigenvalue weighted by Crippen LogP contribution is 2.38. The van der Waals surface area contributed by atoms with E-state index in [9.17, 15) is 14.7 Å². The van der Waals surface area contributed by atoms with Gasteiger partial charge in [0.2, 0.25) is 5.91 Å². The minimum atomic E-state index is -0.291. The van der Waals surface area contributed by atoms with E-state index in [2.05, 4.69) is 10.4 Å². The van der Waals surface area contributed by atoms with Crippen LogP contribution in [0.1, 0.15) is 47.6 Å². The van der Waals surface area contributed by atoms with Crippen molar-refractivity contribution in [3.63, 3.8) is 0 Å². The molecule has 3 rings (SSSR count). The molecule has 1 saturated carbocycles. The second-order valence-electron chi connectivity index (χ2n) is 6.67. The van der Waals surface area contributed by atoms with Gasteiger partial charge in [-0.3, -0.25) is 14.3 Å². The Kier molecular flexibility index (Phi) is 5.28. The lowest BCUT2D eigenvalue weighted by atomic mass is 9.75. The molecule has 0 bridgehead atoms. The lowest BCUT2D eigenvalue weighted by Crippen LogP contribution is -2.41. The van der Waals surface area contributed by atoms with Gasteiger partial charge in [-0.05, 0) is 18.8 Å². The molecule has 0 saturated heterocycles. The SMILES string of the molecule is Cn1cc([C@H](NC(=O)CCC(=O)c2ccccc2)C2CC(O)C2)cn1. The average Bonchev–Trinajstić information content (AvgIpc) is 3.02. The molecule has 1 heterocycles. The van der Waals surface area contributed by atoms with Gasteiger partial charge in [0.15, 0.2) is 5.78 Å². The third-order valence-electron chi connectivity index (χ3n) is 4.70. The van der Waals surface area contributed by atoms with Gasteiger partial charge >= 0.3 is 0 Å². The largest absolute Gasteiger partial charge is 0.393 e. The highest BCUT2D eigenvalue weighted by molar-refractivity contribution is 5.97. The van der Waals surface area contributed by atoms with Crippen molar-refractivity contribution in [2.24, 2.45) is 13.0 Å². The number of hydrogen-bond donors (Lipinski definition) is 2. The molecule has 6 heteroatoms. The Morgan fingerprint density at radius 1 is 1.28 bits per heavy atom. The Hall–Kier alpha value is -2.47. The van der Waals surface area contributed by atoms with Crippen LogP contribution >= 0.6 is 0 Å². The molecule has 1 aromatic carbocycles. The summed E-state index contributed by atoms with van der Waals surface area (Å²) in [7, 11) is 1.83. The molecule has 0 aliphatic heterocycles. The Labute approximate surface area is 146 Å². The van der Waals surface area contributed by atoms with Crippen LogP contribution in [0.3, 0.4) is 0 Å². The molecule has 0 spiro atoms. The lowest BCUT2D eigenvalue weighted by Gasteiger charge is -2.37. The van der Waals surface area contributed by atoms with Gasteiger partial charge in [-0.25, -0.2) is 0 Å². The highest BCUT2D eigenvalue weighted by Gasteiger charge is 2.36. The number of benzene rings is 1. The van der Waals surface area contributed by atoms with Gasteiger partial charge in [-0.1, -0.05) is 30.3 Å². The number of rotatable bonds is 7. The predicted molar refractivity (Wildman–Crippen MR) is 92.8 cm³/mol. The normalized spacial score (nSPS) is 20.6. The first kappa shape index (κ1) is 17.4. The summed E-state index contributed by atoms with van der Waals surface area (Å²) >= 11 is 0. The smallest absolute Gasteiger partial charge is 0.220 e. The first-order valence-electron chi connectivity index (χ1n) is 8.57. The van der Waals surface area contributed by atoms with Crippen LogP contribution < -0.4 is 5.32 Å². The van der Waals surface area contributed by atoms with Gasteiger partial charge in [0.25, 0.3) is 0 Å². The topological polar surface area (TPSA) is 84.2 Å². The minimum Gasteiger partial charge on any atom is -0.393 e. The molecule has 2 aromatic rings. The number of aryl methyl sites for hydroxylation is 1. The Morgan fingerprint density at radius 2 is 2.00 bits per heavy atom. The van der Waals surface area contributed by atoms with E-state index in [1.165, 1.54) is 0 Å².